The fraction of sp³-hybridized carbons (Fsp3) is 0.318. The second kappa shape index (κ2) is 9.92. The number of rotatable bonds is 6. The van der Waals surface area contributed by atoms with Crippen molar-refractivity contribution in [3.05, 3.63) is 59.2 Å². The van der Waals surface area contributed by atoms with Gasteiger partial charge in [0.15, 0.2) is 0 Å². The van der Waals surface area contributed by atoms with E-state index in [0.29, 0.717) is 5.16 Å². The number of thioether (sulfide) groups is 1. The highest BCUT2D eigenvalue weighted by atomic mass is 32.2. The Balaban J connectivity index is 1.37. The van der Waals surface area contributed by atoms with Gasteiger partial charge in [-0.1, -0.05) is 30.0 Å². The van der Waals surface area contributed by atoms with Gasteiger partial charge in [0.05, 0.1) is 21.9 Å². The van der Waals surface area contributed by atoms with Crippen LogP contribution in [0.3, 0.4) is 0 Å². The molecule has 0 atom stereocenters. The molecule has 2 aromatic carbocycles. The van der Waals surface area contributed by atoms with Crippen molar-refractivity contribution in [2.45, 2.75) is 23.9 Å². The van der Waals surface area contributed by atoms with Gasteiger partial charge in [-0.2, -0.15) is 14.2 Å². The van der Waals surface area contributed by atoms with Gasteiger partial charge in [-0.25, -0.2) is 8.42 Å². The number of carbonyl (C=O) groups is 1. The maximum atomic E-state index is 13.0. The lowest BCUT2D eigenvalue weighted by Gasteiger charge is -2.34. The molecule has 4 rings (SSSR count). The first-order valence-corrected chi connectivity index (χ1v) is 13.0. The van der Waals surface area contributed by atoms with Crippen LogP contribution in [0.1, 0.15) is 16.7 Å². The molecule has 1 aliphatic rings. The number of aromatic nitrogens is 4. The van der Waals surface area contributed by atoms with Crippen molar-refractivity contribution < 1.29 is 13.2 Å². The van der Waals surface area contributed by atoms with Gasteiger partial charge in [0, 0.05) is 26.2 Å². The molecule has 12 heteroatoms. The summed E-state index contributed by atoms with van der Waals surface area (Å²) in [4.78, 5) is 14.4. The maximum Gasteiger partial charge on any atom is 0.244 e. The molecule has 1 fully saturated rings. The molecule has 0 spiro atoms. The molecule has 0 saturated carbocycles. The van der Waals surface area contributed by atoms with E-state index in [9.17, 15) is 18.5 Å². The Kier molecular flexibility index (Phi) is 6.97. The van der Waals surface area contributed by atoms with Gasteiger partial charge in [0.25, 0.3) is 0 Å². The van der Waals surface area contributed by atoms with Crippen LogP contribution in [0.5, 0.6) is 0 Å². The Labute approximate surface area is 202 Å². The molecule has 0 radical (unpaired) electrons. The summed E-state index contributed by atoms with van der Waals surface area (Å²) in [6, 6.07) is 14.0. The Morgan fingerprint density at radius 1 is 1.09 bits per heavy atom. The minimum absolute atomic E-state index is 0.00832. The van der Waals surface area contributed by atoms with Crippen LogP contribution < -0.4 is 0 Å². The zero-order chi connectivity index (χ0) is 24.3. The van der Waals surface area contributed by atoms with Gasteiger partial charge in [-0.05, 0) is 59.7 Å². The molecule has 34 heavy (non-hydrogen) atoms. The number of sulfonamides is 1. The molecule has 0 unspecified atom stereocenters. The van der Waals surface area contributed by atoms with Crippen molar-refractivity contribution in [2.75, 3.05) is 31.9 Å². The number of tetrazole rings is 1. The molecular weight excluding hydrogens is 474 g/mol. The average molecular weight is 498 g/mol. The van der Waals surface area contributed by atoms with Crippen LogP contribution in [0, 0.1) is 25.2 Å². The second-order valence-corrected chi connectivity index (χ2v) is 10.7. The monoisotopic (exact) mass is 497 g/mol. The average Bonchev–Trinajstić information content (AvgIpc) is 3.33. The van der Waals surface area contributed by atoms with Crippen LogP contribution in [-0.4, -0.2) is 75.7 Å². The van der Waals surface area contributed by atoms with Crippen molar-refractivity contribution in [1.29, 1.82) is 5.26 Å². The van der Waals surface area contributed by atoms with Crippen molar-refractivity contribution in [3.8, 4) is 11.8 Å². The van der Waals surface area contributed by atoms with Gasteiger partial charge in [-0.15, -0.1) is 5.10 Å². The fourth-order valence-electron chi connectivity index (χ4n) is 3.61. The summed E-state index contributed by atoms with van der Waals surface area (Å²) >= 11 is 1.24. The molecule has 0 N–H and O–H groups in total. The number of piperazine rings is 1. The molecule has 0 bridgehead atoms. The number of hydrogen-bond acceptors (Lipinski definition) is 8. The SMILES string of the molecule is Cc1ccc(-n2nnnc2SCC(=O)N2CCN(S(=O)(=O)c3ccccc3C#N)CC2)cc1C. The normalized spacial score (nSPS) is 14.7. The molecule has 176 valence electrons. The third kappa shape index (κ3) is 4.82. The zero-order valence-electron chi connectivity index (χ0n) is 18.7. The van der Waals surface area contributed by atoms with E-state index in [2.05, 4.69) is 15.5 Å². The highest BCUT2D eigenvalue weighted by Gasteiger charge is 2.31. The molecule has 1 saturated heterocycles. The predicted octanol–water partition coefficient (Wildman–Crippen LogP) is 1.78. The standard InChI is InChI=1S/C22H23N7O3S2/c1-16-7-8-19(13-17(16)2)29-22(24-25-26-29)33-15-21(30)27-9-11-28(12-10-27)34(31,32)20-6-4-3-5-18(20)14-23/h3-8,13H,9-12,15H2,1-2H3. The highest BCUT2D eigenvalue weighted by molar-refractivity contribution is 7.99. The third-order valence-electron chi connectivity index (χ3n) is 5.72. The molecule has 10 nitrogen and oxygen atoms in total. The molecule has 3 aromatic rings. The summed E-state index contributed by atoms with van der Waals surface area (Å²) in [5, 5.41) is 21.6. The number of nitrogens with zero attached hydrogens (tertiary/aromatic N) is 7. The first kappa shape index (κ1) is 23.9. The van der Waals surface area contributed by atoms with Crippen LogP contribution in [0.15, 0.2) is 52.5 Å². The zero-order valence-corrected chi connectivity index (χ0v) is 20.4. The lowest BCUT2D eigenvalue weighted by atomic mass is 10.1. The quantitative estimate of drug-likeness (QED) is 0.472. The van der Waals surface area contributed by atoms with E-state index in [0.717, 1.165) is 11.3 Å². The number of aryl methyl sites for hydroxylation is 2. The Hall–Kier alpha value is -3.27. The fourth-order valence-corrected chi connectivity index (χ4v) is 5.96. The van der Waals surface area contributed by atoms with Gasteiger partial charge in [-0.3, -0.25) is 4.79 Å². The van der Waals surface area contributed by atoms with Crippen molar-refractivity contribution in [2.24, 2.45) is 0 Å². The van der Waals surface area contributed by atoms with Crippen molar-refractivity contribution >= 4 is 27.7 Å². The number of nitriles is 1. The Morgan fingerprint density at radius 3 is 2.53 bits per heavy atom. The minimum atomic E-state index is -3.81. The van der Waals surface area contributed by atoms with Crippen LogP contribution in [0.25, 0.3) is 5.69 Å². The van der Waals surface area contributed by atoms with E-state index < -0.39 is 10.0 Å². The van der Waals surface area contributed by atoms with E-state index in [1.54, 1.807) is 21.7 Å². The lowest BCUT2D eigenvalue weighted by Crippen LogP contribution is -2.51. The summed E-state index contributed by atoms with van der Waals surface area (Å²) in [5.41, 5.74) is 3.21. The van der Waals surface area contributed by atoms with E-state index >= 15 is 0 Å². The topological polar surface area (TPSA) is 125 Å². The van der Waals surface area contributed by atoms with E-state index in [1.165, 1.54) is 33.8 Å². The minimum Gasteiger partial charge on any atom is -0.339 e. The van der Waals surface area contributed by atoms with Gasteiger partial charge >= 0.3 is 0 Å². The first-order chi connectivity index (χ1) is 16.3. The van der Waals surface area contributed by atoms with Gasteiger partial charge in [0.1, 0.15) is 6.07 Å². The van der Waals surface area contributed by atoms with Gasteiger partial charge in [0.2, 0.25) is 21.1 Å². The summed E-state index contributed by atoms with van der Waals surface area (Å²) in [6.07, 6.45) is 0. The maximum absolute atomic E-state index is 13.0. The molecule has 1 aliphatic heterocycles. The number of benzene rings is 2. The predicted molar refractivity (Wildman–Crippen MR) is 126 cm³/mol. The molecule has 1 amide bonds. The Bertz CT molecular complexity index is 1360. The summed E-state index contributed by atoms with van der Waals surface area (Å²) in [7, 11) is -3.81. The Morgan fingerprint density at radius 2 is 1.82 bits per heavy atom. The summed E-state index contributed by atoms with van der Waals surface area (Å²) < 4.78 is 28.9. The van der Waals surface area contributed by atoms with Crippen LogP contribution >= 0.6 is 11.8 Å². The lowest BCUT2D eigenvalue weighted by molar-refractivity contribution is -0.129. The molecule has 2 heterocycles. The second-order valence-electron chi connectivity index (χ2n) is 7.82. The third-order valence-corrected chi connectivity index (χ3v) is 8.58. The molecular formula is C22H23N7O3S2. The van der Waals surface area contributed by atoms with E-state index in [-0.39, 0.29) is 48.3 Å². The van der Waals surface area contributed by atoms with Crippen molar-refractivity contribution in [3.63, 3.8) is 0 Å². The summed E-state index contributed by atoms with van der Waals surface area (Å²) in [6.45, 7) is 4.92. The summed E-state index contributed by atoms with van der Waals surface area (Å²) in [5.74, 6) is 0.0176. The van der Waals surface area contributed by atoms with Crippen LogP contribution in [-0.2, 0) is 14.8 Å². The van der Waals surface area contributed by atoms with Crippen molar-refractivity contribution in [1.82, 2.24) is 29.4 Å². The number of carbonyl (C=O) groups excluding carboxylic acids is 1. The van der Waals surface area contributed by atoms with E-state index in [1.807, 2.05) is 38.1 Å². The van der Waals surface area contributed by atoms with Crippen LogP contribution in [0.4, 0.5) is 0 Å². The number of hydrogen-bond donors (Lipinski definition) is 0. The highest BCUT2D eigenvalue weighted by Crippen LogP contribution is 2.23. The smallest absolute Gasteiger partial charge is 0.244 e. The van der Waals surface area contributed by atoms with Gasteiger partial charge < -0.3 is 4.90 Å². The first-order valence-electron chi connectivity index (χ1n) is 10.6. The molecule has 1 aromatic heterocycles. The largest absolute Gasteiger partial charge is 0.339 e. The van der Waals surface area contributed by atoms with Crippen LogP contribution in [0.2, 0.25) is 0 Å². The number of amides is 1. The van der Waals surface area contributed by atoms with E-state index in [4.69, 9.17) is 0 Å². The molecule has 0 aliphatic carbocycles.